The SMILES string of the molecule is COc1cccc(C(=O)N2CCOC[C@@]3(CC[C@H](CN4CCOCC4)O3)C2)c1OC. The van der Waals surface area contributed by atoms with E-state index in [2.05, 4.69) is 4.90 Å². The fourth-order valence-electron chi connectivity index (χ4n) is 4.62. The number of carbonyl (C=O) groups is 1. The molecule has 3 saturated heterocycles. The molecule has 1 amide bonds. The van der Waals surface area contributed by atoms with E-state index in [1.54, 1.807) is 26.4 Å². The first-order valence-corrected chi connectivity index (χ1v) is 10.7. The summed E-state index contributed by atoms with van der Waals surface area (Å²) in [5.41, 5.74) is 0.0478. The highest BCUT2D eigenvalue weighted by Crippen LogP contribution is 2.36. The summed E-state index contributed by atoms with van der Waals surface area (Å²) in [4.78, 5) is 17.6. The van der Waals surface area contributed by atoms with Gasteiger partial charge in [-0.1, -0.05) is 6.07 Å². The van der Waals surface area contributed by atoms with Crippen LogP contribution in [0.3, 0.4) is 0 Å². The zero-order valence-corrected chi connectivity index (χ0v) is 17.9. The maximum absolute atomic E-state index is 13.4. The van der Waals surface area contributed by atoms with E-state index in [-0.39, 0.29) is 12.0 Å². The van der Waals surface area contributed by atoms with Crippen LogP contribution in [0.4, 0.5) is 0 Å². The highest BCUT2D eigenvalue weighted by molar-refractivity contribution is 5.98. The summed E-state index contributed by atoms with van der Waals surface area (Å²) in [5, 5.41) is 0. The molecule has 0 N–H and O–H groups in total. The molecule has 4 rings (SSSR count). The third-order valence-corrected chi connectivity index (χ3v) is 6.17. The molecule has 8 heteroatoms. The molecule has 0 bridgehead atoms. The standard InChI is InChI=1S/C22H32N2O6/c1-26-19-5-3-4-18(20(19)27-2)21(25)24-10-13-29-16-22(15-24)7-6-17(30-22)14-23-8-11-28-12-9-23/h3-5,17H,6-16H2,1-2H3/t17-,22-/m1/s1. The largest absolute Gasteiger partial charge is 0.493 e. The molecule has 0 aliphatic carbocycles. The quantitative estimate of drug-likeness (QED) is 0.714. The highest BCUT2D eigenvalue weighted by Gasteiger charge is 2.44. The summed E-state index contributed by atoms with van der Waals surface area (Å²) in [6.45, 7) is 6.43. The molecule has 0 radical (unpaired) electrons. The zero-order valence-electron chi connectivity index (χ0n) is 17.9. The molecule has 1 spiro atoms. The van der Waals surface area contributed by atoms with Crippen molar-refractivity contribution < 1.29 is 28.5 Å². The van der Waals surface area contributed by atoms with Gasteiger partial charge in [0.25, 0.3) is 5.91 Å². The number of rotatable bonds is 5. The van der Waals surface area contributed by atoms with Gasteiger partial charge in [0.15, 0.2) is 11.5 Å². The van der Waals surface area contributed by atoms with Crippen molar-refractivity contribution in [1.82, 2.24) is 9.80 Å². The Morgan fingerprint density at radius 2 is 1.93 bits per heavy atom. The van der Waals surface area contributed by atoms with Crippen LogP contribution in [-0.4, -0.2) is 101 Å². The number of amides is 1. The molecule has 3 fully saturated rings. The fraction of sp³-hybridized carbons (Fsp3) is 0.682. The van der Waals surface area contributed by atoms with Gasteiger partial charge in [0.05, 0.1) is 58.9 Å². The van der Waals surface area contributed by atoms with Crippen molar-refractivity contribution in [2.45, 2.75) is 24.5 Å². The van der Waals surface area contributed by atoms with Crippen molar-refractivity contribution in [1.29, 1.82) is 0 Å². The predicted molar refractivity (Wildman–Crippen MR) is 110 cm³/mol. The lowest BCUT2D eigenvalue weighted by Crippen LogP contribution is -2.48. The molecule has 30 heavy (non-hydrogen) atoms. The van der Waals surface area contributed by atoms with Gasteiger partial charge in [-0.15, -0.1) is 0 Å². The van der Waals surface area contributed by atoms with Gasteiger partial charge in [0.2, 0.25) is 0 Å². The molecule has 0 saturated carbocycles. The number of hydrogen-bond donors (Lipinski definition) is 0. The van der Waals surface area contributed by atoms with Crippen molar-refractivity contribution >= 4 is 5.91 Å². The van der Waals surface area contributed by atoms with E-state index in [9.17, 15) is 4.79 Å². The number of benzene rings is 1. The molecule has 3 aliphatic rings. The number of ether oxygens (including phenoxy) is 5. The van der Waals surface area contributed by atoms with Crippen LogP contribution in [0.5, 0.6) is 11.5 Å². The van der Waals surface area contributed by atoms with E-state index in [1.165, 1.54) is 0 Å². The first-order valence-electron chi connectivity index (χ1n) is 10.7. The molecule has 0 aromatic heterocycles. The predicted octanol–water partition coefficient (Wildman–Crippen LogP) is 1.43. The lowest BCUT2D eigenvalue weighted by atomic mass is 9.99. The van der Waals surface area contributed by atoms with Crippen molar-refractivity contribution in [3.05, 3.63) is 23.8 Å². The average molecular weight is 421 g/mol. The van der Waals surface area contributed by atoms with Gasteiger partial charge in [-0.25, -0.2) is 0 Å². The summed E-state index contributed by atoms with van der Waals surface area (Å²) in [7, 11) is 3.12. The maximum atomic E-state index is 13.4. The average Bonchev–Trinajstić information content (AvgIpc) is 3.04. The monoisotopic (exact) mass is 420 g/mol. The Kier molecular flexibility index (Phi) is 6.77. The highest BCUT2D eigenvalue weighted by atomic mass is 16.6. The molecule has 1 aromatic rings. The first kappa shape index (κ1) is 21.4. The molecule has 166 valence electrons. The lowest BCUT2D eigenvalue weighted by Gasteiger charge is -2.33. The zero-order chi connectivity index (χ0) is 21.0. The van der Waals surface area contributed by atoms with Crippen LogP contribution in [0.1, 0.15) is 23.2 Å². The molecule has 8 nitrogen and oxygen atoms in total. The fourth-order valence-corrected chi connectivity index (χ4v) is 4.62. The topological polar surface area (TPSA) is 69.7 Å². The Bertz CT molecular complexity index is 738. The second-order valence-electron chi connectivity index (χ2n) is 8.19. The molecule has 3 heterocycles. The summed E-state index contributed by atoms with van der Waals surface area (Å²) < 4.78 is 28.7. The number of hydrogen-bond acceptors (Lipinski definition) is 7. The molecule has 2 atom stereocenters. The van der Waals surface area contributed by atoms with E-state index in [4.69, 9.17) is 23.7 Å². The van der Waals surface area contributed by atoms with Crippen LogP contribution in [0.15, 0.2) is 18.2 Å². The maximum Gasteiger partial charge on any atom is 0.257 e. The normalized spacial score (nSPS) is 27.8. The van der Waals surface area contributed by atoms with Gasteiger partial charge < -0.3 is 28.6 Å². The van der Waals surface area contributed by atoms with Crippen LogP contribution < -0.4 is 9.47 Å². The minimum absolute atomic E-state index is 0.0872. The Balaban J connectivity index is 1.46. The third-order valence-electron chi connectivity index (χ3n) is 6.17. The Morgan fingerprint density at radius 3 is 2.70 bits per heavy atom. The smallest absolute Gasteiger partial charge is 0.257 e. The third kappa shape index (κ3) is 4.56. The van der Waals surface area contributed by atoms with E-state index in [0.29, 0.717) is 43.4 Å². The van der Waals surface area contributed by atoms with Gasteiger partial charge in [-0.2, -0.15) is 0 Å². The van der Waals surface area contributed by atoms with Gasteiger partial charge in [-0.05, 0) is 25.0 Å². The van der Waals surface area contributed by atoms with Crippen LogP contribution >= 0.6 is 0 Å². The molecular formula is C22H32N2O6. The van der Waals surface area contributed by atoms with E-state index in [0.717, 1.165) is 45.7 Å². The van der Waals surface area contributed by atoms with Gasteiger partial charge in [0, 0.05) is 26.2 Å². The second-order valence-corrected chi connectivity index (χ2v) is 8.19. The summed E-state index contributed by atoms with van der Waals surface area (Å²) in [6.07, 6.45) is 2.03. The molecular weight excluding hydrogens is 388 g/mol. The number of methoxy groups -OCH3 is 2. The number of morpholine rings is 1. The minimum atomic E-state index is -0.449. The number of nitrogens with zero attached hydrogens (tertiary/aromatic N) is 2. The van der Waals surface area contributed by atoms with Crippen molar-refractivity contribution in [3.8, 4) is 11.5 Å². The van der Waals surface area contributed by atoms with E-state index >= 15 is 0 Å². The van der Waals surface area contributed by atoms with Crippen LogP contribution in [0.25, 0.3) is 0 Å². The number of carbonyl (C=O) groups excluding carboxylic acids is 1. The van der Waals surface area contributed by atoms with Crippen molar-refractivity contribution in [3.63, 3.8) is 0 Å². The van der Waals surface area contributed by atoms with Crippen LogP contribution in [0, 0.1) is 0 Å². The van der Waals surface area contributed by atoms with Crippen molar-refractivity contribution in [2.24, 2.45) is 0 Å². The van der Waals surface area contributed by atoms with Gasteiger partial charge >= 0.3 is 0 Å². The first-order chi connectivity index (χ1) is 14.6. The Hall–Kier alpha value is -1.87. The second kappa shape index (κ2) is 9.51. The summed E-state index contributed by atoms with van der Waals surface area (Å²) in [5.74, 6) is 0.921. The van der Waals surface area contributed by atoms with Crippen molar-refractivity contribution in [2.75, 3.05) is 73.4 Å². The summed E-state index contributed by atoms with van der Waals surface area (Å²) >= 11 is 0. The van der Waals surface area contributed by atoms with Gasteiger partial charge in [0.1, 0.15) is 5.60 Å². The van der Waals surface area contributed by atoms with E-state index < -0.39 is 5.60 Å². The molecule has 0 unspecified atom stereocenters. The summed E-state index contributed by atoms with van der Waals surface area (Å²) in [6, 6.07) is 5.38. The molecule has 3 aliphatic heterocycles. The van der Waals surface area contributed by atoms with Gasteiger partial charge in [-0.3, -0.25) is 9.69 Å². The Morgan fingerprint density at radius 1 is 1.13 bits per heavy atom. The van der Waals surface area contributed by atoms with E-state index in [1.807, 2.05) is 11.0 Å². The number of para-hydroxylation sites is 1. The lowest BCUT2D eigenvalue weighted by molar-refractivity contribution is -0.0945. The molecule has 1 aromatic carbocycles. The Labute approximate surface area is 178 Å². The van der Waals surface area contributed by atoms with Crippen LogP contribution in [-0.2, 0) is 14.2 Å². The van der Waals surface area contributed by atoms with Crippen LogP contribution in [0.2, 0.25) is 0 Å². The minimum Gasteiger partial charge on any atom is -0.493 e.